The number of nitrogens with one attached hydrogen (secondary N) is 1. The second-order valence-corrected chi connectivity index (χ2v) is 8.90. The van der Waals surface area contributed by atoms with Crippen LogP contribution in [0.5, 0.6) is 17.5 Å². The number of amides is 1. The van der Waals surface area contributed by atoms with Crippen molar-refractivity contribution < 1.29 is 14.3 Å². The third-order valence-electron chi connectivity index (χ3n) is 6.40. The molecule has 3 N–H and O–H groups in total. The lowest BCUT2D eigenvalue weighted by atomic mass is 9.97. The van der Waals surface area contributed by atoms with Gasteiger partial charge in [-0.15, -0.1) is 0 Å². The molecule has 0 bridgehead atoms. The van der Waals surface area contributed by atoms with Crippen molar-refractivity contribution in [3.05, 3.63) is 84.8 Å². The Balaban J connectivity index is 1.70. The minimum absolute atomic E-state index is 0.202. The standard InChI is InChI=1S/C30H25N7O3/c1-5-24(38)36-21-9-6-18(7-10-21)28-25(26-27(32)20(15-31)16-34-29(26)37(28)3)19-8-11-22(23(14-19)39-4)40-30-33-13-12-17(2)35-30/h5-14,16H,1H2,2-4H3,(H2,32,34)(H,36,38). The molecule has 0 fully saturated rings. The molecule has 0 spiro atoms. The summed E-state index contributed by atoms with van der Waals surface area (Å²) in [4.78, 5) is 24.8. The molecule has 40 heavy (non-hydrogen) atoms. The van der Waals surface area contributed by atoms with E-state index < -0.39 is 0 Å². The van der Waals surface area contributed by atoms with E-state index in [4.69, 9.17) is 15.2 Å². The molecule has 5 rings (SSSR count). The van der Waals surface area contributed by atoms with Crippen molar-refractivity contribution in [1.82, 2.24) is 19.5 Å². The van der Waals surface area contributed by atoms with E-state index in [9.17, 15) is 10.1 Å². The molecule has 3 heterocycles. The summed E-state index contributed by atoms with van der Waals surface area (Å²) in [6, 6.07) is 17.0. The average molecular weight is 532 g/mol. The topological polar surface area (TPSA) is 141 Å². The summed E-state index contributed by atoms with van der Waals surface area (Å²) in [5.74, 6) is 0.588. The van der Waals surface area contributed by atoms with Crippen LogP contribution in [0, 0.1) is 18.3 Å². The molecular weight excluding hydrogens is 506 g/mol. The van der Waals surface area contributed by atoms with Crippen LogP contribution in [-0.2, 0) is 11.8 Å². The molecule has 0 radical (unpaired) electrons. The Kier molecular flexibility index (Phi) is 6.87. The number of nitrogen functional groups attached to an aromatic ring is 1. The molecule has 0 aliphatic carbocycles. The van der Waals surface area contributed by atoms with Crippen LogP contribution < -0.4 is 20.5 Å². The fourth-order valence-corrected chi connectivity index (χ4v) is 4.50. The van der Waals surface area contributed by atoms with E-state index >= 15 is 0 Å². The second-order valence-electron chi connectivity index (χ2n) is 8.90. The smallest absolute Gasteiger partial charge is 0.322 e. The summed E-state index contributed by atoms with van der Waals surface area (Å²) in [6.45, 7) is 5.34. The SMILES string of the molecule is C=CC(=O)Nc1ccc(-c2c(-c3ccc(Oc4nccc(C)n4)c(OC)c3)c3c(N)c(C#N)cnc3n2C)cc1. The largest absolute Gasteiger partial charge is 0.493 e. The quantitative estimate of drug-likeness (QED) is 0.267. The van der Waals surface area contributed by atoms with Crippen LogP contribution in [0.1, 0.15) is 11.3 Å². The van der Waals surface area contributed by atoms with Crippen LogP contribution >= 0.6 is 0 Å². The average Bonchev–Trinajstić information content (AvgIpc) is 3.26. The molecular formula is C30H25N7O3. The lowest BCUT2D eigenvalue weighted by Gasteiger charge is -2.13. The normalized spacial score (nSPS) is 10.7. The number of aryl methyl sites for hydroxylation is 2. The highest BCUT2D eigenvalue weighted by atomic mass is 16.5. The predicted octanol–water partition coefficient (Wildman–Crippen LogP) is 5.39. The molecule has 1 amide bonds. The number of pyridine rings is 1. The number of nitriles is 1. The van der Waals surface area contributed by atoms with Crippen LogP contribution in [-0.4, -0.2) is 32.5 Å². The minimum Gasteiger partial charge on any atom is -0.493 e. The number of anilines is 2. The highest BCUT2D eigenvalue weighted by Gasteiger charge is 2.24. The van der Waals surface area contributed by atoms with Crippen LogP contribution in [0.15, 0.2) is 73.6 Å². The second kappa shape index (κ2) is 10.6. The van der Waals surface area contributed by atoms with Gasteiger partial charge in [0.25, 0.3) is 0 Å². The van der Waals surface area contributed by atoms with Gasteiger partial charge >= 0.3 is 6.01 Å². The molecule has 10 heteroatoms. The predicted molar refractivity (Wildman–Crippen MR) is 153 cm³/mol. The molecule has 0 atom stereocenters. The van der Waals surface area contributed by atoms with Gasteiger partial charge in [-0.05, 0) is 54.5 Å². The van der Waals surface area contributed by atoms with E-state index in [1.807, 2.05) is 42.8 Å². The van der Waals surface area contributed by atoms with Gasteiger partial charge in [-0.1, -0.05) is 24.8 Å². The summed E-state index contributed by atoms with van der Waals surface area (Å²) >= 11 is 0. The number of methoxy groups -OCH3 is 1. The first kappa shape index (κ1) is 25.9. The molecule has 0 unspecified atom stereocenters. The van der Waals surface area contributed by atoms with E-state index in [1.165, 1.54) is 12.3 Å². The molecule has 5 aromatic rings. The van der Waals surface area contributed by atoms with Gasteiger partial charge < -0.3 is 25.1 Å². The van der Waals surface area contributed by atoms with Crippen molar-refractivity contribution in [2.45, 2.75) is 6.92 Å². The maximum Gasteiger partial charge on any atom is 0.322 e. The van der Waals surface area contributed by atoms with E-state index in [0.717, 1.165) is 28.1 Å². The first-order chi connectivity index (χ1) is 19.3. The number of aromatic nitrogens is 4. The number of hydrogen-bond acceptors (Lipinski definition) is 8. The summed E-state index contributed by atoms with van der Waals surface area (Å²) in [7, 11) is 3.43. The Bertz CT molecular complexity index is 1820. The number of rotatable bonds is 7. The van der Waals surface area contributed by atoms with Gasteiger partial charge in [0.2, 0.25) is 5.91 Å². The third-order valence-corrected chi connectivity index (χ3v) is 6.40. The number of carbonyl (C=O) groups excluding carboxylic acids is 1. The molecule has 198 valence electrons. The van der Waals surface area contributed by atoms with Gasteiger partial charge in [-0.25, -0.2) is 15.0 Å². The summed E-state index contributed by atoms with van der Waals surface area (Å²) in [5, 5.41) is 13.1. The molecule has 3 aromatic heterocycles. The van der Waals surface area contributed by atoms with Crippen molar-refractivity contribution in [2.24, 2.45) is 7.05 Å². The Morgan fingerprint density at radius 1 is 1.12 bits per heavy atom. The lowest BCUT2D eigenvalue weighted by molar-refractivity contribution is -0.111. The summed E-state index contributed by atoms with van der Waals surface area (Å²) in [6.07, 6.45) is 4.30. The van der Waals surface area contributed by atoms with Crippen molar-refractivity contribution in [2.75, 3.05) is 18.2 Å². The van der Waals surface area contributed by atoms with Crippen molar-refractivity contribution >= 4 is 28.3 Å². The fraction of sp³-hybridized carbons (Fsp3) is 0.100. The van der Waals surface area contributed by atoms with Crippen LogP contribution in [0.25, 0.3) is 33.4 Å². The minimum atomic E-state index is -0.301. The molecule has 0 saturated carbocycles. The molecule has 0 aliphatic heterocycles. The molecule has 0 saturated heterocycles. The number of nitrogens with two attached hydrogens (primary N) is 1. The van der Waals surface area contributed by atoms with Gasteiger partial charge in [-0.3, -0.25) is 4.79 Å². The lowest BCUT2D eigenvalue weighted by Crippen LogP contribution is -2.06. The van der Waals surface area contributed by atoms with Crippen LogP contribution in [0.3, 0.4) is 0 Å². The summed E-state index contributed by atoms with van der Waals surface area (Å²) in [5.41, 5.74) is 12.3. The number of benzene rings is 2. The maximum atomic E-state index is 11.8. The maximum absolute atomic E-state index is 11.8. The zero-order valence-corrected chi connectivity index (χ0v) is 22.1. The third kappa shape index (κ3) is 4.68. The van der Waals surface area contributed by atoms with Crippen molar-refractivity contribution in [3.63, 3.8) is 0 Å². The van der Waals surface area contributed by atoms with Gasteiger partial charge in [0.15, 0.2) is 11.5 Å². The first-order valence-corrected chi connectivity index (χ1v) is 12.2. The number of fused-ring (bicyclic) bond motifs is 1. The number of ether oxygens (including phenoxy) is 2. The van der Waals surface area contributed by atoms with Gasteiger partial charge in [0.1, 0.15) is 11.7 Å². The zero-order chi connectivity index (χ0) is 28.4. The van der Waals surface area contributed by atoms with Crippen LogP contribution in [0.2, 0.25) is 0 Å². The molecule has 2 aromatic carbocycles. The van der Waals surface area contributed by atoms with Gasteiger partial charge in [0.05, 0.1) is 29.4 Å². The zero-order valence-electron chi connectivity index (χ0n) is 22.1. The highest BCUT2D eigenvalue weighted by molar-refractivity contribution is 6.10. The number of carbonyl (C=O) groups is 1. The van der Waals surface area contributed by atoms with Gasteiger partial charge in [-0.2, -0.15) is 5.26 Å². The van der Waals surface area contributed by atoms with E-state index in [2.05, 4.69) is 32.9 Å². The first-order valence-electron chi connectivity index (χ1n) is 12.2. The monoisotopic (exact) mass is 531 g/mol. The fourth-order valence-electron chi connectivity index (χ4n) is 4.50. The van der Waals surface area contributed by atoms with Crippen molar-refractivity contribution in [3.8, 4) is 46.0 Å². The number of nitrogens with zero attached hydrogens (tertiary/aromatic N) is 5. The Morgan fingerprint density at radius 2 is 1.88 bits per heavy atom. The molecule has 10 nitrogen and oxygen atoms in total. The Morgan fingerprint density at radius 3 is 2.55 bits per heavy atom. The Labute approximate surface area is 230 Å². The summed E-state index contributed by atoms with van der Waals surface area (Å²) < 4.78 is 13.5. The van der Waals surface area contributed by atoms with Gasteiger partial charge in [0, 0.05) is 36.4 Å². The van der Waals surface area contributed by atoms with Crippen molar-refractivity contribution in [1.29, 1.82) is 5.26 Å². The Hall–Kier alpha value is -5.69. The molecule has 0 aliphatic rings. The van der Waals surface area contributed by atoms with E-state index in [-0.39, 0.29) is 17.5 Å². The van der Waals surface area contributed by atoms with Crippen LogP contribution in [0.4, 0.5) is 11.4 Å². The number of hydrogen-bond donors (Lipinski definition) is 2. The van der Waals surface area contributed by atoms with E-state index in [0.29, 0.717) is 33.9 Å². The highest BCUT2D eigenvalue weighted by Crippen LogP contribution is 2.45. The van der Waals surface area contributed by atoms with E-state index in [1.54, 1.807) is 37.6 Å².